The summed E-state index contributed by atoms with van der Waals surface area (Å²) in [7, 11) is 1.52. The number of nitriles is 1. The monoisotopic (exact) mass is 281 g/mol. The topological polar surface area (TPSA) is 59.3 Å². The SMILES string of the molecule is COc1cccc(Oc2ccc(CC#N)cc2)c1C(C)=O. The van der Waals surface area contributed by atoms with Crippen molar-refractivity contribution < 1.29 is 14.3 Å². The van der Waals surface area contributed by atoms with E-state index in [1.807, 2.05) is 12.1 Å². The van der Waals surface area contributed by atoms with Crippen LogP contribution in [0.4, 0.5) is 0 Å². The third-order valence-corrected chi connectivity index (χ3v) is 2.99. The van der Waals surface area contributed by atoms with E-state index in [0.29, 0.717) is 29.2 Å². The maximum absolute atomic E-state index is 11.8. The maximum Gasteiger partial charge on any atom is 0.167 e. The molecule has 0 amide bonds. The molecule has 0 radical (unpaired) electrons. The summed E-state index contributed by atoms with van der Waals surface area (Å²) in [6, 6.07) is 14.5. The number of methoxy groups -OCH3 is 1. The molecular formula is C17H15NO3. The molecule has 21 heavy (non-hydrogen) atoms. The minimum absolute atomic E-state index is 0.122. The summed E-state index contributed by atoms with van der Waals surface area (Å²) in [5, 5.41) is 8.65. The summed E-state index contributed by atoms with van der Waals surface area (Å²) in [6.07, 6.45) is 0.359. The van der Waals surface area contributed by atoms with Gasteiger partial charge in [0, 0.05) is 0 Å². The van der Waals surface area contributed by atoms with Crippen molar-refractivity contribution in [2.24, 2.45) is 0 Å². The zero-order valence-corrected chi connectivity index (χ0v) is 11.9. The van der Waals surface area contributed by atoms with Crippen LogP contribution in [0.5, 0.6) is 17.2 Å². The highest BCUT2D eigenvalue weighted by molar-refractivity contribution is 5.99. The zero-order chi connectivity index (χ0) is 15.2. The highest BCUT2D eigenvalue weighted by Crippen LogP contribution is 2.32. The molecule has 0 saturated heterocycles. The van der Waals surface area contributed by atoms with Gasteiger partial charge in [0.05, 0.1) is 19.6 Å². The molecule has 2 aromatic rings. The summed E-state index contributed by atoms with van der Waals surface area (Å²) in [6.45, 7) is 1.47. The number of ether oxygens (including phenoxy) is 2. The lowest BCUT2D eigenvalue weighted by Gasteiger charge is -2.12. The van der Waals surface area contributed by atoms with Crippen molar-refractivity contribution in [3.05, 3.63) is 53.6 Å². The van der Waals surface area contributed by atoms with E-state index in [9.17, 15) is 4.79 Å². The number of benzene rings is 2. The van der Waals surface area contributed by atoms with Crippen molar-refractivity contribution in [3.63, 3.8) is 0 Å². The van der Waals surface area contributed by atoms with E-state index in [2.05, 4.69) is 6.07 Å². The molecule has 0 aliphatic carbocycles. The van der Waals surface area contributed by atoms with Gasteiger partial charge in [0.2, 0.25) is 0 Å². The van der Waals surface area contributed by atoms with Crippen molar-refractivity contribution >= 4 is 5.78 Å². The number of Topliss-reactive ketones (excluding diaryl/α,β-unsaturated/α-hetero) is 1. The minimum atomic E-state index is -0.122. The fourth-order valence-electron chi connectivity index (χ4n) is 2.01. The fraction of sp³-hybridized carbons (Fsp3) is 0.176. The van der Waals surface area contributed by atoms with Crippen molar-refractivity contribution in [2.75, 3.05) is 7.11 Å². The normalized spacial score (nSPS) is 9.76. The molecule has 0 bridgehead atoms. The number of ketones is 1. The van der Waals surface area contributed by atoms with Gasteiger partial charge in [0.15, 0.2) is 5.78 Å². The Kier molecular flexibility index (Phi) is 4.57. The first-order valence-corrected chi connectivity index (χ1v) is 6.47. The van der Waals surface area contributed by atoms with Gasteiger partial charge in [0.25, 0.3) is 0 Å². The number of carbonyl (C=O) groups is 1. The second-order valence-electron chi connectivity index (χ2n) is 4.47. The summed E-state index contributed by atoms with van der Waals surface area (Å²) >= 11 is 0. The molecule has 0 saturated carbocycles. The maximum atomic E-state index is 11.8. The Morgan fingerprint density at radius 3 is 2.38 bits per heavy atom. The van der Waals surface area contributed by atoms with E-state index >= 15 is 0 Å². The molecule has 0 spiro atoms. The highest BCUT2D eigenvalue weighted by Gasteiger charge is 2.15. The predicted octanol–water partition coefficient (Wildman–Crippen LogP) is 3.76. The van der Waals surface area contributed by atoms with Crippen LogP contribution in [0.1, 0.15) is 22.8 Å². The molecule has 4 heteroatoms. The van der Waals surface area contributed by atoms with E-state index in [4.69, 9.17) is 14.7 Å². The number of rotatable bonds is 5. The van der Waals surface area contributed by atoms with Crippen LogP contribution in [0.3, 0.4) is 0 Å². The van der Waals surface area contributed by atoms with Crippen LogP contribution < -0.4 is 9.47 Å². The summed E-state index contributed by atoms with van der Waals surface area (Å²) in [5.41, 5.74) is 1.34. The highest BCUT2D eigenvalue weighted by atomic mass is 16.5. The minimum Gasteiger partial charge on any atom is -0.496 e. The fourth-order valence-corrected chi connectivity index (χ4v) is 2.01. The van der Waals surface area contributed by atoms with Crippen molar-refractivity contribution in [1.29, 1.82) is 5.26 Å². The Labute approximate surface area is 123 Å². The average Bonchev–Trinajstić information content (AvgIpc) is 2.49. The van der Waals surface area contributed by atoms with Gasteiger partial charge in [-0.25, -0.2) is 0 Å². The molecule has 0 aliphatic heterocycles. The molecule has 0 heterocycles. The van der Waals surface area contributed by atoms with Gasteiger partial charge in [-0.1, -0.05) is 18.2 Å². The molecule has 106 valence electrons. The lowest BCUT2D eigenvalue weighted by atomic mass is 10.1. The van der Waals surface area contributed by atoms with Crippen LogP contribution in [0.25, 0.3) is 0 Å². The second kappa shape index (κ2) is 6.58. The van der Waals surface area contributed by atoms with E-state index in [-0.39, 0.29) is 5.78 Å². The Bertz CT molecular complexity index is 684. The van der Waals surface area contributed by atoms with E-state index in [1.54, 1.807) is 30.3 Å². The van der Waals surface area contributed by atoms with Gasteiger partial charge >= 0.3 is 0 Å². The molecule has 4 nitrogen and oxygen atoms in total. The van der Waals surface area contributed by atoms with Crippen molar-refractivity contribution in [3.8, 4) is 23.3 Å². The molecular weight excluding hydrogens is 266 g/mol. The van der Waals surface area contributed by atoms with Gasteiger partial charge in [-0.2, -0.15) is 5.26 Å². The first-order valence-electron chi connectivity index (χ1n) is 6.47. The summed E-state index contributed by atoms with van der Waals surface area (Å²) in [4.78, 5) is 11.8. The van der Waals surface area contributed by atoms with E-state index in [1.165, 1.54) is 14.0 Å². The predicted molar refractivity (Wildman–Crippen MR) is 78.8 cm³/mol. The van der Waals surface area contributed by atoms with Crippen LogP contribution in [-0.4, -0.2) is 12.9 Å². The van der Waals surface area contributed by atoms with Crippen LogP contribution >= 0.6 is 0 Å². The van der Waals surface area contributed by atoms with Crippen molar-refractivity contribution in [1.82, 2.24) is 0 Å². The van der Waals surface area contributed by atoms with Crippen LogP contribution in [0.15, 0.2) is 42.5 Å². The largest absolute Gasteiger partial charge is 0.496 e. The molecule has 0 atom stereocenters. The number of carbonyl (C=O) groups excluding carboxylic acids is 1. The van der Waals surface area contributed by atoms with Gasteiger partial charge in [-0.15, -0.1) is 0 Å². The van der Waals surface area contributed by atoms with Gasteiger partial charge in [-0.3, -0.25) is 4.79 Å². The number of nitrogens with zero attached hydrogens (tertiary/aromatic N) is 1. The molecule has 0 N–H and O–H groups in total. The van der Waals surface area contributed by atoms with E-state index in [0.717, 1.165) is 5.56 Å². The van der Waals surface area contributed by atoms with Crippen LogP contribution in [0, 0.1) is 11.3 Å². The van der Waals surface area contributed by atoms with Crippen LogP contribution in [-0.2, 0) is 6.42 Å². The Morgan fingerprint density at radius 2 is 1.81 bits per heavy atom. The third-order valence-electron chi connectivity index (χ3n) is 2.99. The zero-order valence-electron chi connectivity index (χ0n) is 11.9. The standard InChI is InChI=1S/C17H15NO3/c1-12(19)17-15(20-2)4-3-5-16(17)21-14-8-6-13(7-9-14)10-11-18/h3-9H,10H2,1-2H3. The summed E-state index contributed by atoms with van der Waals surface area (Å²) < 4.78 is 11.0. The quantitative estimate of drug-likeness (QED) is 0.783. The molecule has 0 aliphatic rings. The number of hydrogen-bond acceptors (Lipinski definition) is 4. The first kappa shape index (κ1) is 14.6. The number of hydrogen-bond donors (Lipinski definition) is 0. The molecule has 2 aromatic carbocycles. The Hall–Kier alpha value is -2.80. The first-order chi connectivity index (χ1) is 10.2. The smallest absolute Gasteiger partial charge is 0.167 e. The van der Waals surface area contributed by atoms with Crippen molar-refractivity contribution in [2.45, 2.75) is 13.3 Å². The van der Waals surface area contributed by atoms with Crippen LogP contribution in [0.2, 0.25) is 0 Å². The second-order valence-corrected chi connectivity index (χ2v) is 4.47. The molecule has 0 aromatic heterocycles. The Balaban J connectivity index is 2.31. The van der Waals surface area contributed by atoms with Gasteiger partial charge in [0.1, 0.15) is 22.8 Å². The molecule has 0 unspecified atom stereocenters. The lowest BCUT2D eigenvalue weighted by Crippen LogP contribution is -2.01. The van der Waals surface area contributed by atoms with Gasteiger partial charge in [-0.05, 0) is 36.8 Å². The summed E-state index contributed by atoms with van der Waals surface area (Å²) in [5.74, 6) is 1.42. The third kappa shape index (κ3) is 3.40. The molecule has 0 fully saturated rings. The average molecular weight is 281 g/mol. The van der Waals surface area contributed by atoms with Gasteiger partial charge < -0.3 is 9.47 Å². The Morgan fingerprint density at radius 1 is 1.14 bits per heavy atom. The molecule has 2 rings (SSSR count). The van der Waals surface area contributed by atoms with E-state index < -0.39 is 0 Å². The lowest BCUT2D eigenvalue weighted by molar-refractivity contribution is 0.101.